The predicted molar refractivity (Wildman–Crippen MR) is 444 cm³/mol. The number of hydrogen-bond acceptors (Lipinski definition) is 22. The lowest BCUT2D eigenvalue weighted by molar-refractivity contribution is 0.0917. The molecule has 27 nitrogen and oxygen atoms in total. The SMILES string of the molecule is CC(=O)c1cn(C(C)(C)C)nn1.CC(=O)c1cn(C(C)(C)C)nn1.CC(=O)n1cc(C(C)(C)C)nn1.CCOC(=O)n1cc(C(C)(C)C)nn1.Cc1cc(C(C)(C)C)no1.Cc1cc(C(C)(C)C)on1.Cc1cc(C)n(C(C)(C)C)n1.Cc1noc(-c2ccccc2)c1C(C)(C)C.Cc1onc(-c2ccccc2)c1C(C)(C)C. The third-order valence-electron chi connectivity index (χ3n) is 16.1. The third kappa shape index (κ3) is 31.6. The quantitative estimate of drug-likeness (QED) is 0.144. The average Bonchev–Trinajstić information content (AvgIpc) is 1.67. The standard InChI is InChI=1S/2C14H17NO.C9H15N3O2.C9H16N2.3C8H13N3O.2C8H13NO/c1-10-12(14(2,3)4)13(15-16-10)11-8-6-5-7-9-11;1-10-12(14(2,3)4)13(16-15-10)11-8-6-5-7-9-11;1-5-14-8(13)12-6-7(10-11-12)9(2,3)4;1-7-6-8(2)11(10-7)9(3,4)5;1-6(12)11-5-7(9-10-11)8(2,3)4;2*1-6(12)7-5-11(10-9-7)8(2,3)4;1-6-5-7(9-10-6)8(2,3)4;1-6-5-7(10-9-6)8(2,3)4/h2*5-9H,1-4H3;6H,5H2,1-4H3;6H,1-5H3;3*5H,1-4H3;2*5H,1-4H3. The van der Waals surface area contributed by atoms with Crippen LogP contribution in [0.3, 0.4) is 0 Å². The molecule has 11 rings (SSSR count). The summed E-state index contributed by atoms with van der Waals surface area (Å²) in [5.74, 6) is 3.42. The van der Waals surface area contributed by atoms with Gasteiger partial charge in [0.2, 0.25) is 5.91 Å². The Bertz CT molecular complexity index is 4440. The molecule has 0 aliphatic heterocycles. The van der Waals surface area contributed by atoms with Crippen molar-refractivity contribution in [2.45, 2.75) is 305 Å². The molecular weight excluding hydrogens is 1430 g/mol. The maximum absolute atomic E-state index is 11.2. The summed E-state index contributed by atoms with van der Waals surface area (Å²) in [5, 5.41) is 50.8. The molecule has 0 atom stereocenters. The largest absolute Gasteiger partial charge is 0.448 e. The molecular formula is C86H130N18O9. The van der Waals surface area contributed by atoms with Crippen LogP contribution in [0, 0.1) is 41.5 Å². The van der Waals surface area contributed by atoms with E-state index in [4.69, 9.17) is 22.8 Å². The first-order valence-corrected chi connectivity index (χ1v) is 38.0. The predicted octanol–water partition coefficient (Wildman–Crippen LogP) is 20.0. The van der Waals surface area contributed by atoms with Gasteiger partial charge in [0, 0.05) is 82.5 Å². The summed E-state index contributed by atoms with van der Waals surface area (Å²) >= 11 is 0. The molecule has 113 heavy (non-hydrogen) atoms. The number of nitrogens with zero attached hydrogens (tertiary/aromatic N) is 18. The van der Waals surface area contributed by atoms with E-state index in [-0.39, 0.29) is 66.6 Å². The highest BCUT2D eigenvalue weighted by molar-refractivity contribution is 5.92. The number of carbonyl (C=O) groups is 4. The Hall–Kier alpha value is -10.5. The fourth-order valence-electron chi connectivity index (χ4n) is 9.99. The molecule has 0 saturated heterocycles. The minimum atomic E-state index is -0.490. The van der Waals surface area contributed by atoms with Gasteiger partial charge in [-0.2, -0.15) is 14.5 Å². The van der Waals surface area contributed by atoms with E-state index >= 15 is 0 Å². The van der Waals surface area contributed by atoms with E-state index in [1.54, 1.807) is 41.1 Å². The Kier molecular flexibility index (Phi) is 34.1. The number of rotatable bonds is 5. The molecule has 11 aromatic rings. The summed E-state index contributed by atoms with van der Waals surface area (Å²) in [4.78, 5) is 43.8. The molecule has 0 N–H and O–H groups in total. The summed E-state index contributed by atoms with van der Waals surface area (Å²) in [6.45, 7) is 74.8. The van der Waals surface area contributed by atoms with Crippen LogP contribution in [-0.2, 0) is 53.8 Å². The van der Waals surface area contributed by atoms with Crippen molar-refractivity contribution >= 4 is 23.6 Å². The average molecular weight is 1560 g/mol. The molecule has 618 valence electrons. The first kappa shape index (κ1) is 96.7. The van der Waals surface area contributed by atoms with Crippen molar-refractivity contribution in [2.24, 2.45) is 0 Å². The van der Waals surface area contributed by atoms with Crippen LogP contribution in [0.2, 0.25) is 0 Å². The zero-order chi connectivity index (χ0) is 86.5. The molecule has 0 fully saturated rings. The Labute approximate surface area is 670 Å². The molecule has 9 heterocycles. The van der Waals surface area contributed by atoms with Gasteiger partial charge in [-0.1, -0.05) is 227 Å². The van der Waals surface area contributed by atoms with E-state index in [1.807, 2.05) is 166 Å². The molecule has 0 amide bonds. The first-order valence-electron chi connectivity index (χ1n) is 38.0. The van der Waals surface area contributed by atoms with Gasteiger partial charge in [0.25, 0.3) is 0 Å². The summed E-state index contributed by atoms with van der Waals surface area (Å²) < 4.78 is 33.4. The second-order valence-corrected chi connectivity index (χ2v) is 36.7. The van der Waals surface area contributed by atoms with E-state index in [2.05, 4.69) is 213 Å². The monoisotopic (exact) mass is 1560 g/mol. The van der Waals surface area contributed by atoms with Crippen LogP contribution in [-0.4, -0.2) is 121 Å². The zero-order valence-corrected chi connectivity index (χ0v) is 74.7. The van der Waals surface area contributed by atoms with E-state index in [0.29, 0.717) is 18.0 Å². The van der Waals surface area contributed by atoms with Crippen molar-refractivity contribution in [2.75, 3.05) is 6.61 Å². The first-order chi connectivity index (χ1) is 51.6. The number of benzene rings is 2. The van der Waals surface area contributed by atoms with Gasteiger partial charge in [-0.15, -0.1) is 20.4 Å². The highest BCUT2D eigenvalue weighted by Gasteiger charge is 2.29. The maximum Gasteiger partial charge on any atom is 0.436 e. The lowest BCUT2D eigenvalue weighted by Crippen LogP contribution is -2.24. The van der Waals surface area contributed by atoms with Gasteiger partial charge in [-0.25, -0.2) is 14.2 Å². The van der Waals surface area contributed by atoms with Gasteiger partial charge >= 0.3 is 6.09 Å². The Morgan fingerprint density at radius 3 is 1.16 bits per heavy atom. The molecule has 0 aliphatic rings. The molecule has 0 bridgehead atoms. The van der Waals surface area contributed by atoms with Crippen molar-refractivity contribution in [3.63, 3.8) is 0 Å². The lowest BCUT2D eigenvalue weighted by atomic mass is 9.84. The van der Waals surface area contributed by atoms with Gasteiger partial charge in [0.05, 0.1) is 82.2 Å². The van der Waals surface area contributed by atoms with Crippen LogP contribution in [0.15, 0.2) is 122 Å². The number of aryl methyl sites for hydroxylation is 6. The molecule has 0 aliphatic carbocycles. The van der Waals surface area contributed by atoms with Crippen LogP contribution >= 0.6 is 0 Å². The van der Waals surface area contributed by atoms with Gasteiger partial charge < -0.3 is 22.8 Å². The van der Waals surface area contributed by atoms with Crippen molar-refractivity contribution in [3.05, 3.63) is 183 Å². The molecule has 0 spiro atoms. The molecule has 27 heteroatoms. The normalized spacial score (nSPS) is 11.8. The minimum Gasteiger partial charge on any atom is -0.448 e. The van der Waals surface area contributed by atoms with Crippen LogP contribution in [0.25, 0.3) is 22.6 Å². The third-order valence-corrected chi connectivity index (χ3v) is 16.1. The second kappa shape index (κ2) is 39.8. The van der Waals surface area contributed by atoms with E-state index in [9.17, 15) is 19.2 Å². The van der Waals surface area contributed by atoms with Crippen molar-refractivity contribution in [3.8, 4) is 22.6 Å². The van der Waals surface area contributed by atoms with Crippen LogP contribution in [0.1, 0.15) is 309 Å². The molecule has 0 unspecified atom stereocenters. The number of ether oxygens (including phenoxy) is 1. The van der Waals surface area contributed by atoms with Crippen LogP contribution in [0.4, 0.5) is 4.79 Å². The fourth-order valence-corrected chi connectivity index (χ4v) is 9.99. The zero-order valence-electron chi connectivity index (χ0n) is 74.7. The Balaban J connectivity index is 0.000000331. The van der Waals surface area contributed by atoms with E-state index < -0.39 is 6.09 Å². The topological polar surface area (TPSA) is 322 Å². The maximum atomic E-state index is 11.2. The summed E-state index contributed by atoms with van der Waals surface area (Å²) in [5.41, 5.74) is 13.3. The molecule has 2 aromatic carbocycles. The highest BCUT2D eigenvalue weighted by Crippen LogP contribution is 2.37. The van der Waals surface area contributed by atoms with Crippen molar-refractivity contribution < 1.29 is 42.0 Å². The number of Topliss-reactive ketones (excluding diaryl/α,β-unsaturated/α-hetero) is 2. The number of aromatic nitrogens is 18. The highest BCUT2D eigenvalue weighted by atomic mass is 16.6. The van der Waals surface area contributed by atoms with Gasteiger partial charge in [-0.05, 0) is 128 Å². The summed E-state index contributed by atoms with van der Waals surface area (Å²) in [6.07, 6.45) is 6.11. The minimum absolute atomic E-state index is 0.0479. The fraction of sp³-hybridized carbons (Fsp3) is 0.547. The Morgan fingerprint density at radius 1 is 0.416 bits per heavy atom. The second-order valence-electron chi connectivity index (χ2n) is 36.7. The van der Waals surface area contributed by atoms with E-state index in [0.717, 1.165) is 78.7 Å². The van der Waals surface area contributed by atoms with Crippen molar-refractivity contribution in [1.82, 2.24) is 90.4 Å². The Morgan fingerprint density at radius 2 is 0.867 bits per heavy atom. The number of ketones is 2. The van der Waals surface area contributed by atoms with Gasteiger partial charge in [0.15, 0.2) is 17.3 Å². The molecule has 0 radical (unpaired) electrons. The number of hydrogen-bond donors (Lipinski definition) is 0. The summed E-state index contributed by atoms with van der Waals surface area (Å²) in [6, 6.07) is 26.3. The van der Waals surface area contributed by atoms with Crippen molar-refractivity contribution in [1.29, 1.82) is 0 Å². The molecule has 9 aromatic heterocycles. The van der Waals surface area contributed by atoms with Crippen LogP contribution in [0.5, 0.6) is 0 Å². The van der Waals surface area contributed by atoms with Gasteiger partial charge in [-0.3, -0.25) is 19.1 Å². The molecule has 0 saturated carbocycles. The lowest BCUT2D eigenvalue weighted by Gasteiger charge is -2.21. The van der Waals surface area contributed by atoms with Crippen LogP contribution < -0.4 is 0 Å². The van der Waals surface area contributed by atoms with E-state index in [1.165, 1.54) is 42.3 Å². The number of carbonyl (C=O) groups excluding carboxylic acids is 4. The summed E-state index contributed by atoms with van der Waals surface area (Å²) in [7, 11) is 0. The van der Waals surface area contributed by atoms with Gasteiger partial charge in [0.1, 0.15) is 34.4 Å². The smallest absolute Gasteiger partial charge is 0.436 e.